The summed E-state index contributed by atoms with van der Waals surface area (Å²) in [6.07, 6.45) is 28.0. The first-order valence-corrected chi connectivity index (χ1v) is 20.8. The highest BCUT2D eigenvalue weighted by Gasteiger charge is 2.38. The molecule has 2 aromatic carbocycles. The summed E-state index contributed by atoms with van der Waals surface area (Å²) in [6.45, 7) is 9.53. The van der Waals surface area contributed by atoms with Crippen molar-refractivity contribution in [1.29, 1.82) is 0 Å². The third-order valence-corrected chi connectivity index (χ3v) is 13.9. The molecule has 6 rings (SSSR count). The van der Waals surface area contributed by atoms with E-state index in [-0.39, 0.29) is 12.2 Å². The fourth-order valence-electron chi connectivity index (χ4n) is 10.8. The van der Waals surface area contributed by atoms with Crippen LogP contribution in [0.15, 0.2) is 48.5 Å². The summed E-state index contributed by atoms with van der Waals surface area (Å²) in [5.41, 5.74) is 5.84. The zero-order chi connectivity index (χ0) is 32.6. The summed E-state index contributed by atoms with van der Waals surface area (Å²) in [5.74, 6) is 7.03. The van der Waals surface area contributed by atoms with Gasteiger partial charge in [0.05, 0.1) is 12.2 Å². The second-order valence-corrected chi connectivity index (χ2v) is 17.4. The molecule has 0 bridgehead atoms. The van der Waals surface area contributed by atoms with Gasteiger partial charge in [-0.2, -0.15) is 0 Å². The topological polar surface area (TPSA) is 9.23 Å². The molecule has 4 fully saturated rings. The van der Waals surface area contributed by atoms with Gasteiger partial charge in [0.2, 0.25) is 0 Å². The molecule has 0 saturated heterocycles. The molecule has 2 unspecified atom stereocenters. The van der Waals surface area contributed by atoms with Crippen molar-refractivity contribution in [2.45, 2.75) is 168 Å². The molecule has 0 aliphatic heterocycles. The second-order valence-electron chi connectivity index (χ2n) is 17.4. The molecule has 1 nitrogen and oxygen atoms in total. The van der Waals surface area contributed by atoms with E-state index in [9.17, 15) is 0 Å². The van der Waals surface area contributed by atoms with Crippen LogP contribution >= 0.6 is 0 Å². The molecule has 4 saturated carbocycles. The Balaban J connectivity index is 1.21. The predicted molar refractivity (Wildman–Crippen MR) is 201 cm³/mol. The summed E-state index contributed by atoms with van der Waals surface area (Å²) in [4.78, 5) is 0. The van der Waals surface area contributed by atoms with Gasteiger partial charge in [-0.3, -0.25) is 0 Å². The molecule has 2 aromatic rings. The van der Waals surface area contributed by atoms with E-state index in [1.807, 2.05) is 0 Å². The first-order chi connectivity index (χ1) is 23.0. The largest absolute Gasteiger partial charge is 0.365 e. The van der Waals surface area contributed by atoms with Crippen LogP contribution in [0.5, 0.6) is 0 Å². The monoisotopic (exact) mass is 639 g/mol. The second kappa shape index (κ2) is 17.4. The van der Waals surface area contributed by atoms with Gasteiger partial charge in [0.1, 0.15) is 0 Å². The fraction of sp³-hybridized carbons (Fsp3) is 0.739. The lowest BCUT2D eigenvalue weighted by Gasteiger charge is -2.43. The Kier molecular flexibility index (Phi) is 13.0. The third kappa shape index (κ3) is 9.35. The molecule has 1 heteroatoms. The summed E-state index contributed by atoms with van der Waals surface area (Å²) in [5, 5.41) is 0. The Labute approximate surface area is 290 Å². The van der Waals surface area contributed by atoms with E-state index in [4.69, 9.17) is 4.74 Å². The van der Waals surface area contributed by atoms with Crippen molar-refractivity contribution in [2.24, 2.45) is 47.3 Å². The van der Waals surface area contributed by atoms with Gasteiger partial charge in [0.15, 0.2) is 0 Å². The molecule has 2 atom stereocenters. The molecule has 260 valence electrons. The molecule has 0 N–H and O–H groups in total. The van der Waals surface area contributed by atoms with E-state index < -0.39 is 0 Å². The average Bonchev–Trinajstić information content (AvgIpc) is 3.11. The van der Waals surface area contributed by atoms with Crippen LogP contribution in [-0.4, -0.2) is 0 Å². The van der Waals surface area contributed by atoms with Crippen molar-refractivity contribution < 1.29 is 4.74 Å². The molecule has 0 aromatic heterocycles. The molecule has 0 amide bonds. The highest BCUT2D eigenvalue weighted by atomic mass is 16.5. The Morgan fingerprint density at radius 2 is 0.745 bits per heavy atom. The van der Waals surface area contributed by atoms with Crippen molar-refractivity contribution >= 4 is 0 Å². The van der Waals surface area contributed by atoms with E-state index in [0.29, 0.717) is 11.8 Å². The summed E-state index contributed by atoms with van der Waals surface area (Å²) in [7, 11) is 0. The smallest absolute Gasteiger partial charge is 0.0861 e. The van der Waals surface area contributed by atoms with Gasteiger partial charge >= 0.3 is 0 Å². The molecule has 0 radical (unpaired) electrons. The van der Waals surface area contributed by atoms with Gasteiger partial charge in [0.25, 0.3) is 0 Å². The van der Waals surface area contributed by atoms with Crippen molar-refractivity contribution in [2.75, 3.05) is 0 Å². The van der Waals surface area contributed by atoms with Crippen LogP contribution in [0.25, 0.3) is 0 Å². The normalized spacial score (nSPS) is 33.3. The standard InChI is InChI=1S/C46H70O/c1-5-7-35-13-21-41(22-14-35)45(43-29-25-39(26-30-43)37-17-9-33(3)10-18-37)47-46(42-23-15-36(8-6-2)16-24-42)44-31-27-40(28-32-44)38-19-11-34(4)12-20-38/h13-16,21-24,33-34,37-40,43-46H,5-12,17-20,25-32H2,1-4H3. The molecule has 4 aliphatic carbocycles. The van der Waals surface area contributed by atoms with Gasteiger partial charge in [0, 0.05) is 0 Å². The zero-order valence-electron chi connectivity index (χ0n) is 30.9. The minimum atomic E-state index is 0.205. The molecule has 0 heterocycles. The number of benzene rings is 2. The molecule has 4 aliphatic rings. The summed E-state index contributed by atoms with van der Waals surface area (Å²) < 4.78 is 7.69. The third-order valence-electron chi connectivity index (χ3n) is 13.9. The minimum absolute atomic E-state index is 0.205. The number of ether oxygens (including phenoxy) is 1. The van der Waals surface area contributed by atoms with E-state index >= 15 is 0 Å². The van der Waals surface area contributed by atoms with E-state index in [0.717, 1.165) is 35.5 Å². The minimum Gasteiger partial charge on any atom is -0.365 e. The maximum absolute atomic E-state index is 7.69. The lowest BCUT2D eigenvalue weighted by Crippen LogP contribution is -2.31. The first-order valence-electron chi connectivity index (χ1n) is 20.8. The maximum Gasteiger partial charge on any atom is 0.0861 e. The van der Waals surface area contributed by atoms with Crippen LogP contribution in [0.3, 0.4) is 0 Å². The van der Waals surface area contributed by atoms with Gasteiger partial charge in [-0.1, -0.05) is 115 Å². The van der Waals surface area contributed by atoms with Gasteiger partial charge in [-0.05, 0) is 159 Å². The van der Waals surface area contributed by atoms with Crippen molar-refractivity contribution in [3.8, 4) is 0 Å². The van der Waals surface area contributed by atoms with Gasteiger partial charge in [-0.25, -0.2) is 0 Å². The number of hydrogen-bond acceptors (Lipinski definition) is 1. The van der Waals surface area contributed by atoms with Crippen LogP contribution in [0.2, 0.25) is 0 Å². The maximum atomic E-state index is 7.69. The predicted octanol–water partition coefficient (Wildman–Crippen LogP) is 13.7. The van der Waals surface area contributed by atoms with Crippen molar-refractivity contribution in [3.05, 3.63) is 70.8 Å². The molecule has 0 spiro atoms. The lowest BCUT2D eigenvalue weighted by molar-refractivity contribution is -0.0934. The zero-order valence-corrected chi connectivity index (χ0v) is 30.9. The van der Waals surface area contributed by atoms with Crippen LogP contribution in [0.4, 0.5) is 0 Å². The van der Waals surface area contributed by atoms with E-state index in [1.54, 1.807) is 0 Å². The van der Waals surface area contributed by atoms with Crippen LogP contribution in [-0.2, 0) is 17.6 Å². The van der Waals surface area contributed by atoms with E-state index in [1.165, 1.54) is 151 Å². The van der Waals surface area contributed by atoms with E-state index in [2.05, 4.69) is 76.2 Å². The SMILES string of the molecule is CCCc1ccc(C(OC(c2ccc(CCC)cc2)C2CCC(C3CCC(C)CC3)CC2)C2CCC(C3CCC(C)CC3)CC2)cc1. The number of hydrogen-bond donors (Lipinski definition) is 0. The van der Waals surface area contributed by atoms with Crippen LogP contribution in [0.1, 0.15) is 178 Å². The fourth-order valence-corrected chi connectivity index (χ4v) is 10.8. The van der Waals surface area contributed by atoms with Crippen LogP contribution < -0.4 is 0 Å². The highest BCUT2D eigenvalue weighted by molar-refractivity contribution is 5.27. The van der Waals surface area contributed by atoms with Crippen molar-refractivity contribution in [3.63, 3.8) is 0 Å². The van der Waals surface area contributed by atoms with Gasteiger partial charge in [-0.15, -0.1) is 0 Å². The van der Waals surface area contributed by atoms with Crippen LogP contribution in [0, 0.1) is 47.3 Å². The number of rotatable bonds is 12. The van der Waals surface area contributed by atoms with Crippen molar-refractivity contribution in [1.82, 2.24) is 0 Å². The Hall–Kier alpha value is -1.60. The summed E-state index contributed by atoms with van der Waals surface area (Å²) >= 11 is 0. The molecule has 47 heavy (non-hydrogen) atoms. The lowest BCUT2D eigenvalue weighted by atomic mass is 9.67. The Morgan fingerprint density at radius 3 is 1.04 bits per heavy atom. The number of aryl methyl sites for hydroxylation is 2. The Morgan fingerprint density at radius 1 is 0.447 bits per heavy atom. The molecular formula is C46H70O. The average molecular weight is 639 g/mol. The van der Waals surface area contributed by atoms with Gasteiger partial charge < -0.3 is 4.74 Å². The quantitative estimate of drug-likeness (QED) is 0.225. The molecular weight excluding hydrogens is 569 g/mol. The Bertz CT molecular complexity index is 1060. The first kappa shape index (κ1) is 35.2. The highest BCUT2D eigenvalue weighted by Crippen LogP contribution is 2.50. The summed E-state index contributed by atoms with van der Waals surface area (Å²) in [6, 6.07) is 19.5.